The zero-order valence-corrected chi connectivity index (χ0v) is 7.01. The topological polar surface area (TPSA) is 66.2 Å². The molecule has 0 saturated carbocycles. The van der Waals surface area contributed by atoms with E-state index in [1.54, 1.807) is 0 Å². The van der Waals surface area contributed by atoms with Crippen LogP contribution in [0.2, 0.25) is 11.1 Å². The van der Waals surface area contributed by atoms with Crippen LogP contribution in [-0.4, -0.2) is 27.0 Å². The molecular weight excluding hydrogens is 185 g/mol. The molecule has 0 bridgehead atoms. The summed E-state index contributed by atoms with van der Waals surface area (Å²) in [6, 6.07) is -0.758. The zero-order chi connectivity index (χ0) is 7.28. The van der Waals surface area contributed by atoms with Gasteiger partial charge >= 0.3 is 60.2 Å². The van der Waals surface area contributed by atoms with E-state index in [0.717, 1.165) is 5.32 Å². The number of carboxylic acid groups (broad SMARTS) is 1. The van der Waals surface area contributed by atoms with E-state index in [4.69, 9.17) is 5.73 Å². The standard InChI is InChI=1S/C5H11NO2Se/c1-9-3-2-4(6)5(7)8/h4H,2-3,6H2,1H3,(H,7,8)/p-1. The van der Waals surface area contributed by atoms with Crippen LogP contribution in [-0.2, 0) is 4.79 Å². The maximum absolute atomic E-state index is 9.98. The average Bonchev–Trinajstić information content (AvgIpc) is 1.82. The summed E-state index contributed by atoms with van der Waals surface area (Å²) in [5, 5.41) is 10.9. The van der Waals surface area contributed by atoms with Crippen LogP contribution in [0.5, 0.6) is 0 Å². The van der Waals surface area contributed by atoms with Crippen LogP contribution in [0.3, 0.4) is 0 Å². The molecule has 0 heterocycles. The van der Waals surface area contributed by atoms with Crippen LogP contribution in [0.15, 0.2) is 0 Å². The van der Waals surface area contributed by atoms with Gasteiger partial charge in [-0.15, -0.1) is 0 Å². The second-order valence-corrected chi connectivity index (χ2v) is 3.77. The molecule has 0 saturated heterocycles. The van der Waals surface area contributed by atoms with E-state index in [-0.39, 0.29) is 0 Å². The fraction of sp³-hybridized carbons (Fsp3) is 0.800. The predicted octanol–water partition coefficient (Wildman–Crippen LogP) is -1.38. The van der Waals surface area contributed by atoms with Crippen molar-refractivity contribution in [3.63, 3.8) is 0 Å². The Morgan fingerprint density at radius 1 is 1.89 bits per heavy atom. The first-order valence-electron chi connectivity index (χ1n) is 2.64. The van der Waals surface area contributed by atoms with Gasteiger partial charge in [0.15, 0.2) is 0 Å². The monoisotopic (exact) mass is 196 g/mol. The summed E-state index contributed by atoms with van der Waals surface area (Å²) in [7, 11) is 0. The van der Waals surface area contributed by atoms with Crippen molar-refractivity contribution in [2.75, 3.05) is 0 Å². The van der Waals surface area contributed by atoms with Crippen LogP contribution < -0.4 is 10.8 Å². The number of carbonyl (C=O) groups excluding carboxylic acids is 1. The molecule has 54 valence electrons. The van der Waals surface area contributed by atoms with Crippen LogP contribution in [0.25, 0.3) is 0 Å². The third kappa shape index (κ3) is 4.45. The zero-order valence-electron chi connectivity index (χ0n) is 5.29. The van der Waals surface area contributed by atoms with Crippen LogP contribution in [0.1, 0.15) is 6.42 Å². The molecule has 2 N–H and O–H groups in total. The molecule has 0 spiro atoms. The quantitative estimate of drug-likeness (QED) is 0.562. The predicted molar refractivity (Wildman–Crippen MR) is 34.0 cm³/mol. The van der Waals surface area contributed by atoms with Crippen molar-refractivity contribution < 1.29 is 9.90 Å². The summed E-state index contributed by atoms with van der Waals surface area (Å²) in [6.45, 7) is 0. The first-order chi connectivity index (χ1) is 4.18. The van der Waals surface area contributed by atoms with Gasteiger partial charge in [-0.05, 0) is 0 Å². The summed E-state index contributed by atoms with van der Waals surface area (Å²) >= 11 is 0.521. The first kappa shape index (κ1) is 8.95. The van der Waals surface area contributed by atoms with Gasteiger partial charge in [-0.3, -0.25) is 0 Å². The Labute approximate surface area is 60.8 Å². The van der Waals surface area contributed by atoms with Gasteiger partial charge in [-0.2, -0.15) is 0 Å². The van der Waals surface area contributed by atoms with Crippen LogP contribution >= 0.6 is 0 Å². The Morgan fingerprint density at radius 3 is 2.78 bits per heavy atom. The summed E-state index contributed by atoms with van der Waals surface area (Å²) in [5.74, 6) is 0.911. The molecular formula is C5H10NO2Se-. The first-order valence-corrected chi connectivity index (χ1v) is 5.56. The van der Waals surface area contributed by atoms with Gasteiger partial charge in [-0.1, -0.05) is 0 Å². The van der Waals surface area contributed by atoms with E-state index in [1.807, 2.05) is 0 Å². The molecule has 0 aromatic carbocycles. The maximum atomic E-state index is 9.98. The van der Waals surface area contributed by atoms with Gasteiger partial charge in [0.05, 0.1) is 0 Å². The van der Waals surface area contributed by atoms with Crippen LogP contribution in [0.4, 0.5) is 0 Å². The molecule has 9 heavy (non-hydrogen) atoms. The van der Waals surface area contributed by atoms with Crippen molar-refractivity contribution in [2.24, 2.45) is 5.73 Å². The van der Waals surface area contributed by atoms with E-state index in [0.29, 0.717) is 21.4 Å². The molecule has 0 aliphatic carbocycles. The summed E-state index contributed by atoms with van der Waals surface area (Å²) in [4.78, 5) is 9.98. The Balaban J connectivity index is 3.27. The number of rotatable bonds is 4. The molecule has 0 aromatic rings. The Morgan fingerprint density at radius 2 is 2.44 bits per heavy atom. The molecule has 0 rings (SSSR count). The Kier molecular flexibility index (Phi) is 4.77. The van der Waals surface area contributed by atoms with E-state index < -0.39 is 12.0 Å². The second-order valence-electron chi connectivity index (χ2n) is 1.71. The molecule has 0 radical (unpaired) electrons. The van der Waals surface area contributed by atoms with Crippen molar-refractivity contribution in [3.8, 4) is 0 Å². The number of nitrogens with two attached hydrogens (primary N) is 1. The van der Waals surface area contributed by atoms with Gasteiger partial charge in [0.1, 0.15) is 0 Å². The van der Waals surface area contributed by atoms with Gasteiger partial charge in [-0.25, -0.2) is 0 Å². The fourth-order valence-corrected chi connectivity index (χ4v) is 1.39. The summed E-state index contributed by atoms with van der Waals surface area (Å²) in [6.07, 6.45) is 0.554. The van der Waals surface area contributed by atoms with Crippen molar-refractivity contribution in [2.45, 2.75) is 23.6 Å². The second kappa shape index (κ2) is 4.79. The number of hydrogen-bond donors (Lipinski definition) is 1. The van der Waals surface area contributed by atoms with Crippen molar-refractivity contribution in [1.29, 1.82) is 0 Å². The van der Waals surface area contributed by atoms with Gasteiger partial charge in [0.2, 0.25) is 0 Å². The SMILES string of the molecule is C[Se]CCC(N)C(=O)[O-]. The molecule has 0 amide bonds. The number of aliphatic carboxylic acids is 1. The van der Waals surface area contributed by atoms with Crippen LogP contribution in [0, 0.1) is 0 Å². The van der Waals surface area contributed by atoms with E-state index in [1.165, 1.54) is 0 Å². The van der Waals surface area contributed by atoms with E-state index in [9.17, 15) is 9.90 Å². The number of carboxylic acids is 1. The minimum atomic E-state index is -1.14. The van der Waals surface area contributed by atoms with Crippen molar-refractivity contribution in [3.05, 3.63) is 0 Å². The number of carbonyl (C=O) groups is 1. The average molecular weight is 195 g/mol. The molecule has 4 heteroatoms. The fourth-order valence-electron chi connectivity index (χ4n) is 0.363. The van der Waals surface area contributed by atoms with Crippen molar-refractivity contribution >= 4 is 20.9 Å². The molecule has 3 nitrogen and oxygen atoms in total. The molecule has 1 atom stereocenters. The normalized spacial score (nSPS) is 13.1. The summed E-state index contributed by atoms with van der Waals surface area (Å²) < 4.78 is 0. The molecule has 0 aliphatic heterocycles. The summed E-state index contributed by atoms with van der Waals surface area (Å²) in [5.41, 5.74) is 5.15. The molecule has 0 aromatic heterocycles. The molecule has 1 unspecified atom stereocenters. The Bertz CT molecular complexity index is 97.0. The Hall–Kier alpha value is -0.0505. The van der Waals surface area contributed by atoms with Gasteiger partial charge < -0.3 is 0 Å². The van der Waals surface area contributed by atoms with E-state index >= 15 is 0 Å². The third-order valence-electron chi connectivity index (χ3n) is 0.936. The molecule has 0 aliphatic rings. The van der Waals surface area contributed by atoms with E-state index in [2.05, 4.69) is 5.82 Å². The van der Waals surface area contributed by atoms with Gasteiger partial charge in [0, 0.05) is 0 Å². The third-order valence-corrected chi connectivity index (χ3v) is 2.29. The number of hydrogen-bond acceptors (Lipinski definition) is 3. The minimum absolute atomic E-state index is 0.521. The van der Waals surface area contributed by atoms with Crippen molar-refractivity contribution in [1.82, 2.24) is 0 Å². The van der Waals surface area contributed by atoms with Gasteiger partial charge in [0.25, 0.3) is 0 Å². The molecule has 0 fully saturated rings.